The van der Waals surface area contributed by atoms with Crippen molar-refractivity contribution in [1.82, 2.24) is 4.98 Å². The highest BCUT2D eigenvalue weighted by molar-refractivity contribution is 5.90. The Hall–Kier alpha value is -4.69. The molecular weight excluding hydrogens is 460 g/mol. The normalized spacial score (nSPS) is 10.1. The van der Waals surface area contributed by atoms with E-state index in [4.69, 9.17) is 14.6 Å². The average Bonchev–Trinajstić information content (AvgIpc) is 2.89. The zero-order valence-electron chi connectivity index (χ0n) is 19.6. The summed E-state index contributed by atoms with van der Waals surface area (Å²) in [7, 11) is 0. The summed E-state index contributed by atoms with van der Waals surface area (Å²) in [5.74, 6) is -0.410. The Morgan fingerprint density at radius 1 is 0.889 bits per heavy atom. The first-order valence-electron chi connectivity index (χ1n) is 11.0. The van der Waals surface area contributed by atoms with Crippen LogP contribution in [0.25, 0.3) is 11.1 Å². The van der Waals surface area contributed by atoms with Crippen LogP contribution >= 0.6 is 0 Å². The second-order valence-electron chi connectivity index (χ2n) is 7.59. The smallest absolute Gasteiger partial charge is 0.358 e. The third-order valence-corrected chi connectivity index (χ3v) is 5.01. The van der Waals surface area contributed by atoms with Crippen LogP contribution in [0, 0.1) is 6.92 Å². The molecule has 0 bridgehead atoms. The van der Waals surface area contributed by atoms with Crippen LogP contribution in [-0.2, 0) is 11.4 Å². The summed E-state index contributed by atoms with van der Waals surface area (Å²) < 4.78 is 11.9. The fraction of sp³-hybridized carbons (Fsp3) is 0.107. The molecule has 1 aromatic heterocycles. The lowest BCUT2D eigenvalue weighted by atomic mass is 10.0. The Morgan fingerprint density at radius 3 is 2.11 bits per heavy atom. The Bertz CT molecular complexity index is 1310. The molecule has 0 aliphatic carbocycles. The van der Waals surface area contributed by atoms with E-state index in [1.807, 2.05) is 91.9 Å². The Morgan fingerprint density at radius 2 is 1.50 bits per heavy atom. The van der Waals surface area contributed by atoms with Gasteiger partial charge in [-0.2, -0.15) is 0 Å². The zero-order chi connectivity index (χ0) is 25.9. The number of aromatic carboxylic acids is 1. The highest BCUT2D eigenvalue weighted by Gasteiger charge is 2.19. The van der Waals surface area contributed by atoms with Gasteiger partial charge in [0, 0.05) is 17.3 Å². The van der Waals surface area contributed by atoms with Crippen LogP contribution in [-0.4, -0.2) is 33.7 Å². The van der Waals surface area contributed by atoms with Crippen LogP contribution in [0.2, 0.25) is 0 Å². The zero-order valence-corrected chi connectivity index (χ0v) is 19.6. The predicted molar refractivity (Wildman–Crippen MR) is 135 cm³/mol. The highest BCUT2D eigenvalue weighted by Crippen LogP contribution is 2.34. The van der Waals surface area contributed by atoms with Crippen molar-refractivity contribution in [3.8, 4) is 28.4 Å². The van der Waals surface area contributed by atoms with Gasteiger partial charge in [-0.15, -0.1) is 0 Å². The number of benzene rings is 3. The fourth-order valence-electron chi connectivity index (χ4n) is 3.29. The highest BCUT2D eigenvalue weighted by atomic mass is 16.5. The van der Waals surface area contributed by atoms with Gasteiger partial charge < -0.3 is 25.4 Å². The number of pyridine rings is 1. The van der Waals surface area contributed by atoms with Gasteiger partial charge >= 0.3 is 11.9 Å². The number of aliphatic carboxylic acids is 1. The molecule has 4 aromatic rings. The van der Waals surface area contributed by atoms with Gasteiger partial charge in [0.15, 0.2) is 11.4 Å². The van der Waals surface area contributed by atoms with Gasteiger partial charge in [-0.1, -0.05) is 60.7 Å². The molecule has 3 aromatic carbocycles. The molecule has 0 aliphatic rings. The Balaban J connectivity index is 0.000000658. The topological polar surface area (TPSA) is 132 Å². The molecule has 1 heterocycles. The van der Waals surface area contributed by atoms with Gasteiger partial charge in [0.05, 0.1) is 6.54 Å². The third kappa shape index (κ3) is 7.15. The van der Waals surface area contributed by atoms with E-state index in [1.54, 1.807) is 6.20 Å². The molecule has 0 aliphatic heterocycles. The number of nitrogens with two attached hydrogens (primary N) is 1. The summed E-state index contributed by atoms with van der Waals surface area (Å²) in [6.07, 6.45) is 1.57. The monoisotopic (exact) mass is 486 g/mol. The van der Waals surface area contributed by atoms with Gasteiger partial charge in [0.1, 0.15) is 18.1 Å². The van der Waals surface area contributed by atoms with Crippen LogP contribution < -0.4 is 15.2 Å². The van der Waals surface area contributed by atoms with Crippen molar-refractivity contribution in [3.05, 3.63) is 108 Å². The molecule has 0 fully saturated rings. The standard InChI is InChI=1S/C26H21NO4.C2H5NO2/c1-18-23(20-11-8-14-22(15-20)31-21-12-6-3-7-13-21)16-27-24(26(28)29)25(18)30-17-19-9-4-2-5-10-19;3-1-2(4)5/h2-16H,17H2,1H3,(H,28,29);1,3H2,(H,4,5). The summed E-state index contributed by atoms with van der Waals surface area (Å²) in [6, 6.07) is 26.7. The second kappa shape index (κ2) is 12.7. The minimum absolute atomic E-state index is 0.103. The lowest BCUT2D eigenvalue weighted by Gasteiger charge is -2.15. The minimum Gasteiger partial charge on any atom is -0.486 e. The average molecular weight is 487 g/mol. The lowest BCUT2D eigenvalue weighted by Crippen LogP contribution is -2.10. The van der Waals surface area contributed by atoms with E-state index in [9.17, 15) is 14.7 Å². The van der Waals surface area contributed by atoms with Crippen molar-refractivity contribution in [2.45, 2.75) is 13.5 Å². The number of rotatable bonds is 8. The lowest BCUT2D eigenvalue weighted by molar-refractivity contribution is -0.135. The molecule has 0 atom stereocenters. The summed E-state index contributed by atoms with van der Waals surface area (Å²) in [4.78, 5) is 25.1. The Labute approximate surface area is 208 Å². The number of hydrogen-bond donors (Lipinski definition) is 3. The summed E-state index contributed by atoms with van der Waals surface area (Å²) in [5.41, 5.74) is 7.77. The number of aromatic nitrogens is 1. The van der Waals surface area contributed by atoms with Crippen molar-refractivity contribution in [2.75, 3.05) is 6.54 Å². The number of nitrogens with zero attached hydrogens (tertiary/aromatic N) is 1. The van der Waals surface area contributed by atoms with E-state index in [-0.39, 0.29) is 24.6 Å². The van der Waals surface area contributed by atoms with Crippen molar-refractivity contribution < 1.29 is 29.3 Å². The number of ether oxygens (including phenoxy) is 2. The van der Waals surface area contributed by atoms with Gasteiger partial charge in [-0.25, -0.2) is 9.78 Å². The predicted octanol–water partition coefficient (Wildman–Crippen LogP) is 5.16. The molecule has 8 heteroatoms. The summed E-state index contributed by atoms with van der Waals surface area (Å²) in [6.45, 7) is 1.82. The van der Waals surface area contributed by atoms with E-state index in [1.165, 1.54) is 0 Å². The van der Waals surface area contributed by atoms with Gasteiger partial charge in [0.2, 0.25) is 0 Å². The van der Waals surface area contributed by atoms with E-state index >= 15 is 0 Å². The van der Waals surface area contributed by atoms with E-state index in [0.29, 0.717) is 11.3 Å². The van der Waals surface area contributed by atoms with Crippen molar-refractivity contribution >= 4 is 11.9 Å². The molecule has 36 heavy (non-hydrogen) atoms. The molecular formula is C28H26N2O6. The van der Waals surface area contributed by atoms with Crippen molar-refractivity contribution in [1.29, 1.82) is 0 Å². The second-order valence-corrected chi connectivity index (χ2v) is 7.59. The summed E-state index contributed by atoms with van der Waals surface area (Å²) in [5, 5.41) is 17.2. The van der Waals surface area contributed by atoms with Crippen LogP contribution in [0.3, 0.4) is 0 Å². The van der Waals surface area contributed by atoms with E-state index in [0.717, 1.165) is 22.4 Å². The quantitative estimate of drug-likeness (QED) is 0.311. The number of para-hydroxylation sites is 1. The molecule has 0 radical (unpaired) electrons. The first-order chi connectivity index (χ1) is 17.4. The summed E-state index contributed by atoms with van der Waals surface area (Å²) >= 11 is 0. The van der Waals surface area contributed by atoms with Crippen LogP contribution in [0.5, 0.6) is 17.2 Å². The maximum absolute atomic E-state index is 11.7. The van der Waals surface area contributed by atoms with Crippen LogP contribution in [0.4, 0.5) is 0 Å². The SMILES string of the molecule is Cc1c(-c2cccc(Oc3ccccc3)c2)cnc(C(=O)O)c1OCc1ccccc1.NCC(=O)O. The molecule has 0 saturated carbocycles. The molecule has 0 unspecified atom stereocenters. The van der Waals surface area contributed by atoms with Crippen LogP contribution in [0.15, 0.2) is 91.1 Å². The van der Waals surface area contributed by atoms with E-state index < -0.39 is 11.9 Å². The van der Waals surface area contributed by atoms with Crippen molar-refractivity contribution in [2.24, 2.45) is 5.73 Å². The molecule has 8 nitrogen and oxygen atoms in total. The molecule has 0 spiro atoms. The van der Waals surface area contributed by atoms with E-state index in [2.05, 4.69) is 10.7 Å². The number of hydrogen-bond acceptors (Lipinski definition) is 6. The minimum atomic E-state index is -1.13. The maximum Gasteiger partial charge on any atom is 0.358 e. The van der Waals surface area contributed by atoms with Crippen molar-refractivity contribution in [3.63, 3.8) is 0 Å². The van der Waals surface area contributed by atoms with Gasteiger partial charge in [-0.05, 0) is 42.3 Å². The number of carboxylic acids is 2. The molecule has 0 amide bonds. The first-order valence-corrected chi connectivity index (χ1v) is 11.0. The molecule has 0 saturated heterocycles. The maximum atomic E-state index is 11.7. The van der Waals surface area contributed by atoms with Gasteiger partial charge in [0.25, 0.3) is 0 Å². The molecule has 4 rings (SSSR count). The number of carbonyl (C=O) groups is 2. The third-order valence-electron chi connectivity index (χ3n) is 5.01. The first kappa shape index (κ1) is 25.9. The fourth-order valence-corrected chi connectivity index (χ4v) is 3.29. The van der Waals surface area contributed by atoms with Crippen LogP contribution in [0.1, 0.15) is 21.6 Å². The molecule has 4 N–H and O–H groups in total. The van der Waals surface area contributed by atoms with Gasteiger partial charge in [-0.3, -0.25) is 4.79 Å². The molecule has 184 valence electrons. The Kier molecular flexibility index (Phi) is 9.13. The number of carboxylic acid groups (broad SMARTS) is 2. The largest absolute Gasteiger partial charge is 0.486 e.